The fourth-order valence-electron chi connectivity index (χ4n) is 4.66. The predicted molar refractivity (Wildman–Crippen MR) is 153 cm³/mol. The number of aliphatic carboxylic acids is 1. The number of carboxylic acid groups (broad SMARTS) is 1. The molecule has 0 bridgehead atoms. The monoisotopic (exact) mass is 562 g/mol. The molecule has 4 rings (SSSR count). The van der Waals surface area contributed by atoms with E-state index < -0.39 is 23.3 Å². The van der Waals surface area contributed by atoms with Crippen LogP contribution in [0.3, 0.4) is 0 Å². The first-order chi connectivity index (χ1) is 19.1. The van der Waals surface area contributed by atoms with Gasteiger partial charge >= 0.3 is 5.97 Å². The molecular formula is C29H32N5O5S-. The number of fused-ring (bicyclic) bond motifs is 1. The van der Waals surface area contributed by atoms with Crippen LogP contribution in [0.4, 0.5) is 5.69 Å². The van der Waals surface area contributed by atoms with Gasteiger partial charge in [-0.25, -0.2) is 5.01 Å². The van der Waals surface area contributed by atoms with Crippen LogP contribution in [0, 0.1) is 11.8 Å². The molecule has 1 fully saturated rings. The van der Waals surface area contributed by atoms with Gasteiger partial charge in [0.05, 0.1) is 17.5 Å². The first kappa shape index (κ1) is 29.2. The average molecular weight is 563 g/mol. The Bertz CT molecular complexity index is 1460. The van der Waals surface area contributed by atoms with Crippen LogP contribution >= 0.6 is 0 Å². The van der Waals surface area contributed by atoms with Gasteiger partial charge in [-0.05, 0) is 69.3 Å². The zero-order valence-electron chi connectivity index (χ0n) is 22.7. The van der Waals surface area contributed by atoms with Crippen LogP contribution in [-0.4, -0.2) is 78.4 Å². The summed E-state index contributed by atoms with van der Waals surface area (Å²) >= 11 is -2.55. The van der Waals surface area contributed by atoms with Gasteiger partial charge in [0.2, 0.25) is 0 Å². The normalized spacial score (nSPS) is 15.5. The Morgan fingerprint density at radius 2 is 1.70 bits per heavy atom. The Morgan fingerprint density at radius 3 is 2.33 bits per heavy atom. The van der Waals surface area contributed by atoms with E-state index >= 15 is 0 Å². The minimum atomic E-state index is -2.55. The topological polar surface area (TPSA) is 129 Å². The summed E-state index contributed by atoms with van der Waals surface area (Å²) in [4.78, 5) is 30.2. The summed E-state index contributed by atoms with van der Waals surface area (Å²) in [5.41, 5.74) is 3.90. The Morgan fingerprint density at radius 1 is 1.05 bits per heavy atom. The third-order valence-corrected chi connectivity index (χ3v) is 7.42. The molecule has 2 N–H and O–H groups in total. The smallest absolute Gasteiger partial charge is 0.305 e. The molecule has 1 aromatic heterocycles. The van der Waals surface area contributed by atoms with Crippen LogP contribution in [0.2, 0.25) is 0 Å². The number of amides is 1. The third-order valence-electron chi connectivity index (χ3n) is 6.52. The molecule has 1 aliphatic rings. The summed E-state index contributed by atoms with van der Waals surface area (Å²) < 4.78 is 24.7. The molecular weight excluding hydrogens is 530 g/mol. The number of pyridine rings is 1. The van der Waals surface area contributed by atoms with Crippen molar-refractivity contribution in [1.82, 2.24) is 19.7 Å². The minimum Gasteiger partial charge on any atom is -0.759 e. The van der Waals surface area contributed by atoms with Crippen molar-refractivity contribution in [2.75, 3.05) is 31.1 Å². The number of nitrogens with zero attached hydrogens (tertiary/aromatic N) is 4. The molecule has 10 nitrogen and oxygen atoms in total. The molecule has 0 radical (unpaired) electrons. The van der Waals surface area contributed by atoms with Crippen molar-refractivity contribution >= 4 is 39.7 Å². The zero-order chi connectivity index (χ0) is 28.8. The van der Waals surface area contributed by atoms with Crippen molar-refractivity contribution in [2.24, 2.45) is 0 Å². The summed E-state index contributed by atoms with van der Waals surface area (Å²) in [6, 6.07) is 14.5. The molecule has 210 valence electrons. The number of carbonyl (C=O) groups is 2. The molecule has 1 aliphatic heterocycles. The Labute approximate surface area is 236 Å². The second-order valence-electron chi connectivity index (χ2n) is 9.92. The summed E-state index contributed by atoms with van der Waals surface area (Å²) in [5.74, 6) is 5.17. The lowest BCUT2D eigenvalue weighted by Crippen LogP contribution is -2.57. The van der Waals surface area contributed by atoms with E-state index in [2.05, 4.69) is 27.0 Å². The van der Waals surface area contributed by atoms with Gasteiger partial charge in [0.25, 0.3) is 5.91 Å². The van der Waals surface area contributed by atoms with Crippen LogP contribution in [0.25, 0.3) is 10.9 Å². The van der Waals surface area contributed by atoms with Crippen LogP contribution < -0.4 is 10.2 Å². The standard InChI is InChI=1S/C29H33N5O5S/c1-20(2)31-29(37)25-12-13-30-27-11-8-23(19-26(25)27)5-4-22-6-9-24(10-7-22)32-14-16-33(17-15-32)34(40(38)39)21(3)18-28(35)36/h6-13,19-21H,14-18H2,1-3H3,(H,31,37)(H,35,36)(H,38,39)/p-1. The molecule has 1 saturated heterocycles. The van der Waals surface area contributed by atoms with Crippen LogP contribution in [-0.2, 0) is 16.1 Å². The first-order valence-corrected chi connectivity index (χ1v) is 14.1. The number of anilines is 1. The number of carboxylic acids is 1. The van der Waals surface area contributed by atoms with Gasteiger partial charge in [-0.2, -0.15) is 4.41 Å². The van der Waals surface area contributed by atoms with E-state index in [-0.39, 0.29) is 18.4 Å². The number of nitrogens with one attached hydrogen (secondary N) is 1. The van der Waals surface area contributed by atoms with Crippen LogP contribution in [0.5, 0.6) is 0 Å². The van der Waals surface area contributed by atoms with E-state index in [1.54, 1.807) is 24.2 Å². The summed E-state index contributed by atoms with van der Waals surface area (Å²) in [6.45, 7) is 7.52. The highest BCUT2D eigenvalue weighted by Crippen LogP contribution is 2.21. The first-order valence-electron chi connectivity index (χ1n) is 13.0. The number of hydrogen-bond acceptors (Lipinski definition) is 7. The highest BCUT2D eigenvalue weighted by atomic mass is 32.2. The molecule has 11 heteroatoms. The van der Waals surface area contributed by atoms with Crippen molar-refractivity contribution in [3.05, 3.63) is 71.4 Å². The fourth-order valence-corrected chi connectivity index (χ4v) is 5.38. The third kappa shape index (κ3) is 7.22. The van der Waals surface area contributed by atoms with Crippen molar-refractivity contribution in [3.8, 4) is 11.8 Å². The molecule has 0 spiro atoms. The predicted octanol–water partition coefficient (Wildman–Crippen LogP) is 2.77. The maximum absolute atomic E-state index is 12.6. The molecule has 3 aromatic rings. The van der Waals surface area contributed by atoms with E-state index in [4.69, 9.17) is 5.11 Å². The van der Waals surface area contributed by atoms with Crippen LogP contribution in [0.15, 0.2) is 54.7 Å². The maximum atomic E-state index is 12.6. The lowest BCUT2D eigenvalue weighted by molar-refractivity contribution is -0.139. The van der Waals surface area contributed by atoms with E-state index in [1.807, 2.05) is 56.3 Å². The highest BCUT2D eigenvalue weighted by Gasteiger charge is 2.28. The number of hydrazine groups is 1. The summed E-state index contributed by atoms with van der Waals surface area (Å²) in [5, 5.41) is 14.4. The largest absolute Gasteiger partial charge is 0.759 e. The second kappa shape index (κ2) is 13.0. The van der Waals surface area contributed by atoms with Crippen molar-refractivity contribution in [3.63, 3.8) is 0 Å². The van der Waals surface area contributed by atoms with Gasteiger partial charge in [0.15, 0.2) is 0 Å². The highest BCUT2D eigenvalue weighted by molar-refractivity contribution is 7.76. The van der Waals surface area contributed by atoms with E-state index in [1.165, 1.54) is 0 Å². The quantitative estimate of drug-likeness (QED) is 0.317. The molecule has 2 atom stereocenters. The summed E-state index contributed by atoms with van der Waals surface area (Å²) in [6.07, 6.45) is 1.37. The van der Waals surface area contributed by atoms with E-state index in [0.717, 1.165) is 32.1 Å². The van der Waals surface area contributed by atoms with Gasteiger partial charge < -0.3 is 19.9 Å². The molecule has 0 saturated carbocycles. The number of carbonyl (C=O) groups excluding carboxylic acids is 1. The number of piperazine rings is 1. The second-order valence-corrected chi connectivity index (χ2v) is 10.7. The van der Waals surface area contributed by atoms with E-state index in [9.17, 15) is 18.4 Å². The number of hydrogen-bond donors (Lipinski definition) is 2. The molecule has 2 unspecified atom stereocenters. The Kier molecular flexibility index (Phi) is 9.50. The fraction of sp³-hybridized carbons (Fsp3) is 0.345. The number of aromatic nitrogens is 1. The zero-order valence-corrected chi connectivity index (χ0v) is 23.5. The molecule has 2 heterocycles. The van der Waals surface area contributed by atoms with Gasteiger partial charge in [-0.3, -0.25) is 18.8 Å². The van der Waals surface area contributed by atoms with E-state index in [0.29, 0.717) is 31.7 Å². The maximum Gasteiger partial charge on any atom is 0.305 e. The average Bonchev–Trinajstić information content (AvgIpc) is 2.91. The van der Waals surface area contributed by atoms with Gasteiger partial charge in [-0.15, -0.1) is 0 Å². The number of rotatable bonds is 8. The Hall–Kier alpha value is -3.82. The van der Waals surface area contributed by atoms with Crippen molar-refractivity contribution in [2.45, 2.75) is 39.3 Å². The lowest BCUT2D eigenvalue weighted by Gasteiger charge is -2.44. The number of benzene rings is 2. The molecule has 2 aromatic carbocycles. The Balaban J connectivity index is 1.43. The molecule has 40 heavy (non-hydrogen) atoms. The van der Waals surface area contributed by atoms with Crippen molar-refractivity contribution < 1.29 is 23.5 Å². The van der Waals surface area contributed by atoms with Gasteiger partial charge in [-0.1, -0.05) is 11.8 Å². The van der Waals surface area contributed by atoms with Crippen molar-refractivity contribution in [1.29, 1.82) is 0 Å². The minimum absolute atomic E-state index is 0.0242. The molecule has 0 aliphatic carbocycles. The van der Waals surface area contributed by atoms with Crippen LogP contribution in [0.1, 0.15) is 48.7 Å². The SMILES string of the molecule is CC(C)NC(=O)c1ccnc2ccc(C#Cc3ccc(N4CCN(N(C(C)CC(=O)O)S(=O)[O-])CC4)cc3)cc12. The van der Waals surface area contributed by atoms with Gasteiger partial charge in [0, 0.05) is 77.9 Å². The summed E-state index contributed by atoms with van der Waals surface area (Å²) in [7, 11) is 0. The van der Waals surface area contributed by atoms with Gasteiger partial charge in [0.1, 0.15) is 0 Å². The lowest BCUT2D eigenvalue weighted by atomic mass is 10.0. The molecule has 1 amide bonds.